The molecule has 6 heteroatoms. The van der Waals surface area contributed by atoms with Crippen LogP contribution < -0.4 is 0 Å². The molecule has 1 aliphatic heterocycles. The quantitative estimate of drug-likeness (QED) is 0.834. The van der Waals surface area contributed by atoms with E-state index in [-0.39, 0.29) is 23.7 Å². The zero-order chi connectivity index (χ0) is 13.0. The van der Waals surface area contributed by atoms with Crippen LogP contribution in [-0.4, -0.2) is 53.6 Å². The van der Waals surface area contributed by atoms with Crippen molar-refractivity contribution < 1.29 is 4.79 Å². The summed E-state index contributed by atoms with van der Waals surface area (Å²) < 4.78 is 0. The molecule has 1 fully saturated rings. The van der Waals surface area contributed by atoms with Crippen LogP contribution in [0.15, 0.2) is 24.5 Å². The minimum Gasteiger partial charge on any atom is -0.326 e. The molecule has 2 heterocycles. The van der Waals surface area contributed by atoms with Crippen molar-refractivity contribution >= 4 is 30.1 Å². The van der Waals surface area contributed by atoms with Crippen molar-refractivity contribution in [3.63, 3.8) is 0 Å². The molecule has 1 amide bonds. The molecular weight excluding hydrogens is 282 g/mol. The number of nitrogens with zero attached hydrogens (tertiary/aromatic N) is 3. The van der Waals surface area contributed by atoms with Gasteiger partial charge in [-0.15, -0.1) is 24.2 Å². The van der Waals surface area contributed by atoms with Crippen molar-refractivity contribution in [2.75, 3.05) is 32.9 Å². The first kappa shape index (κ1) is 16.3. The number of thioether (sulfide) groups is 1. The van der Waals surface area contributed by atoms with Gasteiger partial charge in [0, 0.05) is 24.5 Å². The summed E-state index contributed by atoms with van der Waals surface area (Å²) in [6.45, 7) is 1.83. The smallest absolute Gasteiger partial charge is 0.233 e. The predicted molar refractivity (Wildman–Crippen MR) is 81.6 cm³/mol. The first-order chi connectivity index (χ1) is 8.68. The molecule has 0 spiro atoms. The molecule has 0 radical (unpaired) electrons. The van der Waals surface area contributed by atoms with Gasteiger partial charge in [-0.3, -0.25) is 9.78 Å². The Kier molecular flexibility index (Phi) is 6.62. The van der Waals surface area contributed by atoms with Crippen molar-refractivity contribution in [2.45, 2.75) is 11.8 Å². The van der Waals surface area contributed by atoms with Crippen molar-refractivity contribution in [1.29, 1.82) is 0 Å². The standard InChI is InChI=1S/C13H19N3OS.ClH/c1-15(2)7-4-8-16-12(17)10-18-13(16)11-5-3-6-14-9-11;/h3,5-6,9,13H,4,7-8,10H2,1-2H3;1H. The molecule has 0 aromatic carbocycles. The Morgan fingerprint density at radius 3 is 2.95 bits per heavy atom. The summed E-state index contributed by atoms with van der Waals surface area (Å²) in [7, 11) is 4.11. The summed E-state index contributed by atoms with van der Waals surface area (Å²) in [5.41, 5.74) is 1.12. The largest absolute Gasteiger partial charge is 0.326 e. The molecule has 106 valence electrons. The van der Waals surface area contributed by atoms with Gasteiger partial charge < -0.3 is 9.80 Å². The molecule has 0 saturated carbocycles. The highest BCUT2D eigenvalue weighted by Gasteiger charge is 2.32. The van der Waals surface area contributed by atoms with E-state index in [0.717, 1.165) is 25.1 Å². The summed E-state index contributed by atoms with van der Waals surface area (Å²) in [5.74, 6) is 0.828. The van der Waals surface area contributed by atoms with Crippen LogP contribution in [-0.2, 0) is 4.79 Å². The number of hydrogen-bond acceptors (Lipinski definition) is 4. The summed E-state index contributed by atoms with van der Waals surface area (Å²) in [4.78, 5) is 20.2. The molecule has 1 aromatic heterocycles. The fraction of sp³-hybridized carbons (Fsp3) is 0.538. The highest BCUT2D eigenvalue weighted by Crippen LogP contribution is 2.38. The Morgan fingerprint density at radius 2 is 2.32 bits per heavy atom. The molecule has 1 atom stereocenters. The van der Waals surface area contributed by atoms with E-state index in [2.05, 4.69) is 24.0 Å². The van der Waals surface area contributed by atoms with Crippen LogP contribution in [0.4, 0.5) is 0 Å². The molecule has 0 bridgehead atoms. The van der Waals surface area contributed by atoms with Crippen LogP contribution in [0.1, 0.15) is 17.4 Å². The number of carbonyl (C=O) groups excluding carboxylic acids is 1. The Balaban J connectivity index is 0.00000180. The van der Waals surface area contributed by atoms with E-state index in [1.807, 2.05) is 23.2 Å². The molecule has 2 rings (SSSR count). The lowest BCUT2D eigenvalue weighted by atomic mass is 10.2. The molecule has 19 heavy (non-hydrogen) atoms. The van der Waals surface area contributed by atoms with Gasteiger partial charge in [0.1, 0.15) is 5.37 Å². The Hall–Kier alpha value is -0.780. The van der Waals surface area contributed by atoms with E-state index in [1.165, 1.54) is 0 Å². The zero-order valence-corrected chi connectivity index (χ0v) is 12.9. The number of carbonyl (C=O) groups is 1. The van der Waals surface area contributed by atoms with Crippen molar-refractivity contribution in [3.8, 4) is 0 Å². The Morgan fingerprint density at radius 1 is 1.53 bits per heavy atom. The molecule has 1 aromatic rings. The van der Waals surface area contributed by atoms with Crippen LogP contribution >= 0.6 is 24.2 Å². The topological polar surface area (TPSA) is 36.4 Å². The van der Waals surface area contributed by atoms with E-state index in [0.29, 0.717) is 5.75 Å². The molecule has 1 saturated heterocycles. The molecule has 1 aliphatic rings. The fourth-order valence-electron chi connectivity index (χ4n) is 2.05. The highest BCUT2D eigenvalue weighted by atomic mass is 35.5. The third-order valence-corrected chi connectivity index (χ3v) is 4.20. The summed E-state index contributed by atoms with van der Waals surface area (Å²) >= 11 is 1.69. The third kappa shape index (κ3) is 4.37. The number of rotatable bonds is 5. The van der Waals surface area contributed by atoms with Gasteiger partial charge in [-0.05, 0) is 33.1 Å². The van der Waals surface area contributed by atoms with Crippen molar-refractivity contribution in [1.82, 2.24) is 14.8 Å². The second-order valence-corrected chi connectivity index (χ2v) is 5.76. The minimum atomic E-state index is 0. The maximum absolute atomic E-state index is 11.9. The number of aromatic nitrogens is 1. The third-order valence-electron chi connectivity index (χ3n) is 2.94. The molecule has 0 aliphatic carbocycles. The second-order valence-electron chi connectivity index (χ2n) is 4.69. The van der Waals surface area contributed by atoms with E-state index >= 15 is 0 Å². The fourth-order valence-corrected chi connectivity index (χ4v) is 3.25. The van der Waals surface area contributed by atoms with Gasteiger partial charge in [0.15, 0.2) is 0 Å². The lowest BCUT2D eigenvalue weighted by Crippen LogP contribution is -2.31. The highest BCUT2D eigenvalue weighted by molar-refractivity contribution is 8.00. The Bertz CT molecular complexity index is 402. The predicted octanol–water partition coefficient (Wildman–Crippen LogP) is 2.03. The van der Waals surface area contributed by atoms with Crippen LogP contribution in [0.25, 0.3) is 0 Å². The Labute approximate surface area is 125 Å². The zero-order valence-electron chi connectivity index (χ0n) is 11.3. The van der Waals surface area contributed by atoms with Crippen molar-refractivity contribution in [2.24, 2.45) is 0 Å². The SMILES string of the molecule is CN(C)CCCN1C(=O)CSC1c1cccnc1.Cl. The molecular formula is C13H20ClN3OS. The first-order valence-corrected chi connectivity index (χ1v) is 7.19. The van der Waals surface area contributed by atoms with Gasteiger partial charge in [-0.25, -0.2) is 0 Å². The van der Waals surface area contributed by atoms with Gasteiger partial charge in [0.05, 0.1) is 5.75 Å². The normalized spacial score (nSPS) is 18.8. The first-order valence-electron chi connectivity index (χ1n) is 6.14. The van der Waals surface area contributed by atoms with Gasteiger partial charge >= 0.3 is 0 Å². The van der Waals surface area contributed by atoms with E-state index < -0.39 is 0 Å². The van der Waals surface area contributed by atoms with E-state index in [9.17, 15) is 4.79 Å². The van der Waals surface area contributed by atoms with Gasteiger partial charge in [-0.2, -0.15) is 0 Å². The lowest BCUT2D eigenvalue weighted by molar-refractivity contribution is -0.128. The molecule has 0 N–H and O–H groups in total. The van der Waals surface area contributed by atoms with E-state index in [4.69, 9.17) is 0 Å². The summed E-state index contributed by atoms with van der Waals surface area (Å²) in [6, 6.07) is 3.97. The summed E-state index contributed by atoms with van der Waals surface area (Å²) in [6.07, 6.45) is 4.63. The molecule has 4 nitrogen and oxygen atoms in total. The van der Waals surface area contributed by atoms with E-state index in [1.54, 1.807) is 18.0 Å². The number of hydrogen-bond donors (Lipinski definition) is 0. The average molecular weight is 302 g/mol. The number of amides is 1. The maximum Gasteiger partial charge on any atom is 0.233 e. The average Bonchev–Trinajstić information content (AvgIpc) is 2.72. The lowest BCUT2D eigenvalue weighted by Gasteiger charge is -2.24. The maximum atomic E-state index is 11.9. The minimum absolute atomic E-state index is 0. The van der Waals surface area contributed by atoms with Crippen LogP contribution in [0.3, 0.4) is 0 Å². The monoisotopic (exact) mass is 301 g/mol. The van der Waals surface area contributed by atoms with Gasteiger partial charge in [0.2, 0.25) is 5.91 Å². The second kappa shape index (κ2) is 7.72. The van der Waals surface area contributed by atoms with Crippen LogP contribution in [0.5, 0.6) is 0 Å². The van der Waals surface area contributed by atoms with Crippen LogP contribution in [0, 0.1) is 0 Å². The van der Waals surface area contributed by atoms with Gasteiger partial charge in [-0.1, -0.05) is 6.07 Å². The van der Waals surface area contributed by atoms with Crippen LogP contribution in [0.2, 0.25) is 0 Å². The summed E-state index contributed by atoms with van der Waals surface area (Å²) in [5, 5.41) is 0.147. The van der Waals surface area contributed by atoms with Crippen molar-refractivity contribution in [3.05, 3.63) is 30.1 Å². The molecule has 1 unspecified atom stereocenters. The number of halogens is 1. The number of pyridine rings is 1. The van der Waals surface area contributed by atoms with Gasteiger partial charge in [0.25, 0.3) is 0 Å².